The fourth-order valence-electron chi connectivity index (χ4n) is 3.03. The summed E-state index contributed by atoms with van der Waals surface area (Å²) in [5, 5.41) is 8.47. The number of nitrogens with zero attached hydrogens (tertiary/aromatic N) is 1. The van der Waals surface area contributed by atoms with Crippen molar-refractivity contribution in [2.45, 2.75) is 6.54 Å². The first-order valence-electron chi connectivity index (χ1n) is 9.82. The summed E-state index contributed by atoms with van der Waals surface area (Å²) < 4.78 is 5.11. The first-order chi connectivity index (χ1) is 15.0. The number of anilines is 3. The van der Waals surface area contributed by atoms with Crippen LogP contribution >= 0.6 is 0 Å². The second-order valence-corrected chi connectivity index (χ2v) is 7.10. The molecule has 3 aromatic rings. The molecule has 0 saturated heterocycles. The molecule has 0 aliphatic rings. The van der Waals surface area contributed by atoms with Crippen LogP contribution in [0.5, 0.6) is 5.75 Å². The number of carbonyl (C=O) groups is 2. The average molecular weight is 418 g/mol. The van der Waals surface area contributed by atoms with E-state index in [0.717, 1.165) is 11.3 Å². The fraction of sp³-hybridized carbons (Fsp3) is 0.167. The zero-order chi connectivity index (χ0) is 22.2. The van der Waals surface area contributed by atoms with E-state index in [2.05, 4.69) is 16.0 Å². The van der Waals surface area contributed by atoms with Crippen molar-refractivity contribution in [2.75, 3.05) is 36.7 Å². The molecule has 0 radical (unpaired) electrons. The molecular formula is C24H26N4O3. The van der Waals surface area contributed by atoms with Crippen molar-refractivity contribution in [2.24, 2.45) is 0 Å². The van der Waals surface area contributed by atoms with Crippen molar-refractivity contribution in [1.29, 1.82) is 0 Å². The molecule has 160 valence electrons. The summed E-state index contributed by atoms with van der Waals surface area (Å²) in [7, 11) is 5.32. The van der Waals surface area contributed by atoms with Crippen molar-refractivity contribution in [3.63, 3.8) is 0 Å². The van der Waals surface area contributed by atoms with Crippen LogP contribution < -0.4 is 25.6 Å². The van der Waals surface area contributed by atoms with Crippen molar-refractivity contribution in [3.8, 4) is 5.75 Å². The van der Waals surface area contributed by atoms with Crippen LogP contribution in [0.4, 0.5) is 21.9 Å². The molecular weight excluding hydrogens is 392 g/mol. The number of urea groups is 1. The Morgan fingerprint density at radius 2 is 1.52 bits per heavy atom. The summed E-state index contributed by atoms with van der Waals surface area (Å²) in [6.45, 7) is 0.419. The zero-order valence-corrected chi connectivity index (χ0v) is 17.8. The molecule has 7 heteroatoms. The molecule has 0 unspecified atom stereocenters. The maximum Gasteiger partial charge on any atom is 0.323 e. The Hall–Kier alpha value is -4.00. The highest BCUT2D eigenvalue weighted by molar-refractivity contribution is 6.03. The van der Waals surface area contributed by atoms with E-state index >= 15 is 0 Å². The highest BCUT2D eigenvalue weighted by atomic mass is 16.5. The third-order valence-corrected chi connectivity index (χ3v) is 4.62. The number of ether oxygens (including phenoxy) is 1. The standard InChI is InChI=1S/C24H26N4O3/c1-28(2)22-14-11-19(27-24(30)26-18-9-12-20(31-3)13-10-18)15-21(22)23(29)25-16-17-7-5-4-6-8-17/h4-15H,16H2,1-3H3,(H,25,29)(H2,26,27,30). The Labute approximate surface area is 182 Å². The van der Waals surface area contributed by atoms with E-state index in [0.29, 0.717) is 29.2 Å². The smallest absolute Gasteiger partial charge is 0.323 e. The van der Waals surface area contributed by atoms with Crippen LogP contribution in [0.1, 0.15) is 15.9 Å². The Morgan fingerprint density at radius 3 is 2.16 bits per heavy atom. The van der Waals surface area contributed by atoms with E-state index in [-0.39, 0.29) is 5.91 Å². The predicted molar refractivity (Wildman–Crippen MR) is 124 cm³/mol. The second kappa shape index (κ2) is 10.2. The van der Waals surface area contributed by atoms with Gasteiger partial charge in [0.05, 0.1) is 12.7 Å². The molecule has 0 atom stereocenters. The number of rotatable bonds is 7. The molecule has 3 aromatic carbocycles. The van der Waals surface area contributed by atoms with Crippen molar-refractivity contribution in [3.05, 3.63) is 83.9 Å². The molecule has 0 spiro atoms. The zero-order valence-electron chi connectivity index (χ0n) is 17.8. The Bertz CT molecular complexity index is 1030. The van der Waals surface area contributed by atoms with Gasteiger partial charge in [0.15, 0.2) is 0 Å². The minimum Gasteiger partial charge on any atom is -0.497 e. The highest BCUT2D eigenvalue weighted by Gasteiger charge is 2.15. The van der Waals surface area contributed by atoms with Gasteiger partial charge < -0.3 is 25.6 Å². The molecule has 0 fully saturated rings. The predicted octanol–water partition coefficient (Wildman–Crippen LogP) is 4.34. The van der Waals surface area contributed by atoms with Crippen LogP contribution in [0.3, 0.4) is 0 Å². The van der Waals surface area contributed by atoms with Gasteiger partial charge in [0.1, 0.15) is 5.75 Å². The molecule has 0 aliphatic carbocycles. The van der Waals surface area contributed by atoms with Crippen LogP contribution in [0, 0.1) is 0 Å². The Balaban J connectivity index is 1.70. The molecule has 3 N–H and O–H groups in total. The van der Waals surface area contributed by atoms with Gasteiger partial charge in [0.2, 0.25) is 0 Å². The maximum atomic E-state index is 12.9. The fourth-order valence-corrected chi connectivity index (χ4v) is 3.03. The van der Waals surface area contributed by atoms with E-state index in [1.54, 1.807) is 49.6 Å². The summed E-state index contributed by atoms with van der Waals surface area (Å²) in [6.07, 6.45) is 0. The van der Waals surface area contributed by atoms with Crippen LogP contribution in [-0.2, 0) is 6.54 Å². The molecule has 7 nitrogen and oxygen atoms in total. The minimum absolute atomic E-state index is 0.216. The molecule has 31 heavy (non-hydrogen) atoms. The summed E-state index contributed by atoms with van der Waals surface area (Å²) in [4.78, 5) is 27.1. The molecule has 3 rings (SSSR count). The monoisotopic (exact) mass is 418 g/mol. The summed E-state index contributed by atoms with van der Waals surface area (Å²) in [6, 6.07) is 21.5. The Kier molecular flexibility index (Phi) is 7.11. The van der Waals surface area contributed by atoms with Gasteiger partial charge in [-0.2, -0.15) is 0 Å². The van der Waals surface area contributed by atoms with Crippen molar-refractivity contribution in [1.82, 2.24) is 5.32 Å². The highest BCUT2D eigenvalue weighted by Crippen LogP contribution is 2.23. The van der Waals surface area contributed by atoms with Crippen molar-refractivity contribution >= 4 is 29.0 Å². The lowest BCUT2D eigenvalue weighted by Gasteiger charge is -2.19. The third-order valence-electron chi connectivity index (χ3n) is 4.62. The number of benzene rings is 3. The second-order valence-electron chi connectivity index (χ2n) is 7.10. The van der Waals surface area contributed by atoms with Crippen LogP contribution in [0.2, 0.25) is 0 Å². The van der Waals surface area contributed by atoms with Gasteiger partial charge in [-0.15, -0.1) is 0 Å². The lowest BCUT2D eigenvalue weighted by molar-refractivity contribution is 0.0951. The Morgan fingerprint density at radius 1 is 0.871 bits per heavy atom. The van der Waals surface area contributed by atoms with Crippen LogP contribution in [-0.4, -0.2) is 33.1 Å². The molecule has 0 bridgehead atoms. The third kappa shape index (κ3) is 5.99. The summed E-state index contributed by atoms with van der Waals surface area (Å²) >= 11 is 0. The first-order valence-corrected chi connectivity index (χ1v) is 9.82. The number of amides is 3. The topological polar surface area (TPSA) is 82.7 Å². The molecule has 0 aliphatic heterocycles. The quantitative estimate of drug-likeness (QED) is 0.533. The number of nitrogens with one attached hydrogen (secondary N) is 3. The number of hydrogen-bond acceptors (Lipinski definition) is 4. The van der Waals surface area contributed by atoms with Crippen LogP contribution in [0.15, 0.2) is 72.8 Å². The van der Waals surface area contributed by atoms with E-state index < -0.39 is 6.03 Å². The van der Waals surface area contributed by atoms with E-state index in [9.17, 15) is 9.59 Å². The molecule has 0 saturated carbocycles. The van der Waals surface area contributed by atoms with Gasteiger partial charge in [-0.25, -0.2) is 4.79 Å². The van der Waals surface area contributed by atoms with Crippen LogP contribution in [0.25, 0.3) is 0 Å². The number of carbonyl (C=O) groups excluding carboxylic acids is 2. The first kappa shape index (κ1) is 21.7. The normalized spacial score (nSPS) is 10.2. The van der Waals surface area contributed by atoms with E-state index in [1.807, 2.05) is 49.3 Å². The maximum absolute atomic E-state index is 12.9. The van der Waals surface area contributed by atoms with Gasteiger partial charge in [-0.3, -0.25) is 4.79 Å². The van der Waals surface area contributed by atoms with E-state index in [4.69, 9.17) is 4.74 Å². The average Bonchev–Trinajstić information content (AvgIpc) is 2.78. The van der Waals surface area contributed by atoms with Gasteiger partial charge in [-0.1, -0.05) is 30.3 Å². The van der Waals surface area contributed by atoms with Gasteiger partial charge in [0.25, 0.3) is 5.91 Å². The number of hydrogen-bond donors (Lipinski definition) is 3. The molecule has 0 heterocycles. The number of methoxy groups -OCH3 is 1. The minimum atomic E-state index is -0.404. The van der Waals surface area contributed by atoms with Crippen molar-refractivity contribution < 1.29 is 14.3 Å². The molecule has 3 amide bonds. The summed E-state index contributed by atoms with van der Waals surface area (Å²) in [5.74, 6) is 0.489. The van der Waals surface area contributed by atoms with Gasteiger partial charge in [-0.05, 0) is 48.0 Å². The SMILES string of the molecule is COc1ccc(NC(=O)Nc2ccc(N(C)C)c(C(=O)NCc3ccccc3)c2)cc1. The lowest BCUT2D eigenvalue weighted by Crippen LogP contribution is -2.26. The largest absolute Gasteiger partial charge is 0.497 e. The van der Waals surface area contributed by atoms with Gasteiger partial charge in [0, 0.05) is 37.7 Å². The summed E-state index contributed by atoms with van der Waals surface area (Å²) in [5.41, 5.74) is 3.38. The lowest BCUT2D eigenvalue weighted by atomic mass is 10.1. The van der Waals surface area contributed by atoms with E-state index in [1.165, 1.54) is 0 Å². The molecule has 0 aromatic heterocycles. The van der Waals surface area contributed by atoms with Gasteiger partial charge >= 0.3 is 6.03 Å².